The van der Waals surface area contributed by atoms with Crippen molar-refractivity contribution in [3.05, 3.63) is 0 Å². The van der Waals surface area contributed by atoms with Crippen molar-refractivity contribution in [3.8, 4) is 0 Å². The molecule has 1 fully saturated rings. The monoisotopic (exact) mass is 199 g/mol. The van der Waals surface area contributed by atoms with E-state index in [0.29, 0.717) is 6.04 Å². The van der Waals surface area contributed by atoms with Gasteiger partial charge in [0.2, 0.25) is 5.91 Å². The van der Waals surface area contributed by atoms with E-state index in [1.54, 1.807) is 6.92 Å². The number of rotatable bonds is 4. The van der Waals surface area contributed by atoms with Crippen molar-refractivity contribution >= 4 is 5.91 Å². The van der Waals surface area contributed by atoms with Crippen LogP contribution in [0.5, 0.6) is 0 Å². The Hall–Kier alpha value is -0.610. The zero-order valence-electron chi connectivity index (χ0n) is 9.42. The molecular weight excluding hydrogens is 178 g/mol. The van der Waals surface area contributed by atoms with Crippen molar-refractivity contribution in [3.63, 3.8) is 0 Å². The van der Waals surface area contributed by atoms with Gasteiger partial charge >= 0.3 is 0 Å². The highest BCUT2D eigenvalue weighted by molar-refractivity contribution is 5.73. The summed E-state index contributed by atoms with van der Waals surface area (Å²) in [5.74, 6) is 0.203. The van der Waals surface area contributed by atoms with Crippen molar-refractivity contribution in [2.45, 2.75) is 19.4 Å². The summed E-state index contributed by atoms with van der Waals surface area (Å²) in [6, 6.07) is 0.548. The van der Waals surface area contributed by atoms with Gasteiger partial charge in [-0.15, -0.1) is 0 Å². The molecule has 1 atom stereocenters. The van der Waals surface area contributed by atoms with Crippen LogP contribution >= 0.6 is 0 Å². The Labute approximate surface area is 86.2 Å². The van der Waals surface area contributed by atoms with Crippen LogP contribution < -0.4 is 5.32 Å². The van der Waals surface area contributed by atoms with E-state index in [1.165, 1.54) is 0 Å². The van der Waals surface area contributed by atoms with Crippen LogP contribution in [-0.2, 0) is 4.79 Å². The van der Waals surface area contributed by atoms with Gasteiger partial charge in [-0.05, 0) is 20.5 Å². The van der Waals surface area contributed by atoms with Crippen LogP contribution in [0.25, 0.3) is 0 Å². The number of hydrogen-bond acceptors (Lipinski definition) is 3. The Balaban J connectivity index is 2.30. The SMILES string of the molecule is CNCCN(C)C1CCN(C(C)=O)C1. The normalized spacial score (nSPS) is 22.0. The van der Waals surface area contributed by atoms with E-state index in [1.807, 2.05) is 11.9 Å². The zero-order chi connectivity index (χ0) is 10.6. The first-order chi connectivity index (χ1) is 6.65. The maximum atomic E-state index is 11.1. The molecule has 0 saturated carbocycles. The fourth-order valence-electron chi connectivity index (χ4n) is 1.86. The Morgan fingerprint density at radius 1 is 1.64 bits per heavy atom. The van der Waals surface area contributed by atoms with Crippen LogP contribution in [0.1, 0.15) is 13.3 Å². The first-order valence-electron chi connectivity index (χ1n) is 5.25. The van der Waals surface area contributed by atoms with E-state index in [4.69, 9.17) is 0 Å². The maximum absolute atomic E-state index is 11.1. The van der Waals surface area contributed by atoms with Crippen molar-refractivity contribution in [1.82, 2.24) is 15.1 Å². The molecule has 1 rings (SSSR count). The fourth-order valence-corrected chi connectivity index (χ4v) is 1.86. The lowest BCUT2D eigenvalue weighted by molar-refractivity contribution is -0.127. The van der Waals surface area contributed by atoms with Gasteiger partial charge in [0.25, 0.3) is 0 Å². The molecule has 0 aromatic carbocycles. The predicted octanol–water partition coefficient (Wildman–Crippen LogP) is -0.242. The number of hydrogen-bond donors (Lipinski definition) is 1. The molecular formula is C10H21N3O. The van der Waals surface area contributed by atoms with E-state index >= 15 is 0 Å². The van der Waals surface area contributed by atoms with Crippen molar-refractivity contribution in [2.24, 2.45) is 0 Å². The van der Waals surface area contributed by atoms with Gasteiger partial charge in [-0.25, -0.2) is 0 Å². The summed E-state index contributed by atoms with van der Waals surface area (Å²) >= 11 is 0. The summed E-state index contributed by atoms with van der Waals surface area (Å²) in [6.45, 7) is 5.52. The van der Waals surface area contributed by atoms with Crippen molar-refractivity contribution < 1.29 is 4.79 Å². The first kappa shape index (κ1) is 11.5. The molecule has 4 nitrogen and oxygen atoms in total. The van der Waals surface area contributed by atoms with Gasteiger partial charge in [-0.3, -0.25) is 4.79 Å². The molecule has 1 saturated heterocycles. The van der Waals surface area contributed by atoms with Gasteiger partial charge in [-0.2, -0.15) is 0 Å². The lowest BCUT2D eigenvalue weighted by Gasteiger charge is -2.24. The molecule has 0 spiro atoms. The first-order valence-corrected chi connectivity index (χ1v) is 5.25. The number of likely N-dealkylation sites (N-methyl/N-ethyl adjacent to an activating group) is 2. The van der Waals surface area contributed by atoms with Gasteiger partial charge in [0, 0.05) is 39.1 Å². The van der Waals surface area contributed by atoms with E-state index < -0.39 is 0 Å². The number of likely N-dealkylation sites (tertiary alicyclic amines) is 1. The van der Waals surface area contributed by atoms with Crippen molar-refractivity contribution in [2.75, 3.05) is 40.3 Å². The van der Waals surface area contributed by atoms with Gasteiger partial charge in [0.15, 0.2) is 0 Å². The second kappa shape index (κ2) is 5.32. The summed E-state index contributed by atoms with van der Waals surface area (Å²) in [7, 11) is 4.09. The van der Waals surface area contributed by atoms with Crippen molar-refractivity contribution in [1.29, 1.82) is 0 Å². The number of nitrogens with one attached hydrogen (secondary N) is 1. The summed E-state index contributed by atoms with van der Waals surface area (Å²) < 4.78 is 0. The second-order valence-corrected chi connectivity index (χ2v) is 3.99. The molecule has 0 bridgehead atoms. The molecule has 1 aliphatic rings. The number of carbonyl (C=O) groups is 1. The van der Waals surface area contributed by atoms with E-state index in [9.17, 15) is 4.79 Å². The molecule has 0 aliphatic carbocycles. The Morgan fingerprint density at radius 2 is 2.36 bits per heavy atom. The lowest BCUT2D eigenvalue weighted by Crippen LogP contribution is -2.38. The smallest absolute Gasteiger partial charge is 0.219 e. The quantitative estimate of drug-likeness (QED) is 0.678. The maximum Gasteiger partial charge on any atom is 0.219 e. The van der Waals surface area contributed by atoms with Crippen LogP contribution in [0, 0.1) is 0 Å². The highest BCUT2D eigenvalue weighted by Crippen LogP contribution is 2.13. The van der Waals surface area contributed by atoms with Crippen LogP contribution in [0.15, 0.2) is 0 Å². The average Bonchev–Trinajstić information content (AvgIpc) is 2.62. The third kappa shape index (κ3) is 2.96. The average molecular weight is 199 g/mol. The molecule has 1 amide bonds. The Bertz CT molecular complexity index is 196. The molecule has 82 valence electrons. The fraction of sp³-hybridized carbons (Fsp3) is 0.900. The summed E-state index contributed by atoms with van der Waals surface area (Å²) in [4.78, 5) is 15.4. The molecule has 1 unspecified atom stereocenters. The van der Waals surface area contributed by atoms with Gasteiger partial charge in [0.05, 0.1) is 0 Å². The Morgan fingerprint density at radius 3 is 2.86 bits per heavy atom. The number of nitrogens with zero attached hydrogens (tertiary/aromatic N) is 2. The van der Waals surface area contributed by atoms with Gasteiger partial charge in [0.1, 0.15) is 0 Å². The topological polar surface area (TPSA) is 35.6 Å². The molecule has 4 heteroatoms. The third-order valence-electron chi connectivity index (χ3n) is 2.95. The summed E-state index contributed by atoms with van der Waals surface area (Å²) in [5, 5.41) is 3.13. The van der Waals surface area contributed by atoms with E-state index in [-0.39, 0.29) is 5.91 Å². The highest BCUT2D eigenvalue weighted by Gasteiger charge is 2.26. The minimum absolute atomic E-state index is 0.203. The van der Waals surface area contributed by atoms with E-state index in [0.717, 1.165) is 32.6 Å². The standard InChI is InChI=1S/C10H21N3O/c1-9(14)13-6-4-10(8-13)12(3)7-5-11-2/h10-11H,4-8H2,1-3H3. The van der Waals surface area contributed by atoms with Crippen LogP contribution in [-0.4, -0.2) is 62.0 Å². The molecule has 0 aromatic rings. The van der Waals surface area contributed by atoms with Crippen LogP contribution in [0.3, 0.4) is 0 Å². The zero-order valence-corrected chi connectivity index (χ0v) is 9.42. The molecule has 1 N–H and O–H groups in total. The third-order valence-corrected chi connectivity index (χ3v) is 2.95. The summed E-state index contributed by atoms with van der Waals surface area (Å²) in [6.07, 6.45) is 1.11. The molecule has 14 heavy (non-hydrogen) atoms. The van der Waals surface area contributed by atoms with Crippen LogP contribution in [0.4, 0.5) is 0 Å². The Kier molecular flexibility index (Phi) is 4.35. The lowest BCUT2D eigenvalue weighted by atomic mass is 10.2. The predicted molar refractivity (Wildman–Crippen MR) is 57.2 cm³/mol. The molecule has 0 aromatic heterocycles. The van der Waals surface area contributed by atoms with Crippen LogP contribution in [0.2, 0.25) is 0 Å². The summed E-state index contributed by atoms with van der Waals surface area (Å²) in [5.41, 5.74) is 0. The minimum atomic E-state index is 0.203. The molecule has 0 radical (unpaired) electrons. The molecule has 1 aliphatic heterocycles. The van der Waals surface area contributed by atoms with Gasteiger partial charge < -0.3 is 15.1 Å². The largest absolute Gasteiger partial charge is 0.341 e. The highest BCUT2D eigenvalue weighted by atomic mass is 16.2. The second-order valence-electron chi connectivity index (χ2n) is 3.99. The number of amides is 1. The number of carbonyl (C=O) groups excluding carboxylic acids is 1. The van der Waals surface area contributed by atoms with Gasteiger partial charge in [-0.1, -0.05) is 0 Å². The van der Waals surface area contributed by atoms with E-state index in [2.05, 4.69) is 17.3 Å². The minimum Gasteiger partial charge on any atom is -0.341 e. The molecule has 1 heterocycles.